The van der Waals surface area contributed by atoms with Crippen molar-refractivity contribution in [2.75, 3.05) is 0 Å². The molecule has 0 fully saturated rings. The van der Waals surface area contributed by atoms with Gasteiger partial charge in [-0.3, -0.25) is 9.59 Å². The molecule has 0 aliphatic carbocycles. The Morgan fingerprint density at radius 1 is 1.38 bits per heavy atom. The molecule has 0 spiro atoms. The SMILES string of the molecule is CC#CC(CC(N)C(=O)O)C(=O)O. The Balaban J connectivity index is 4.32. The maximum atomic E-state index is 10.5. The quantitative estimate of drug-likeness (QED) is 0.513. The molecule has 0 aromatic carbocycles. The number of rotatable bonds is 4. The molecular formula is C8H11NO4. The molecule has 2 atom stereocenters. The van der Waals surface area contributed by atoms with Crippen molar-refractivity contribution in [3.63, 3.8) is 0 Å². The van der Waals surface area contributed by atoms with Crippen LogP contribution < -0.4 is 5.73 Å². The molecule has 0 rings (SSSR count). The van der Waals surface area contributed by atoms with Crippen LogP contribution in [0.25, 0.3) is 0 Å². The number of carbonyl (C=O) groups is 2. The molecule has 5 heteroatoms. The summed E-state index contributed by atoms with van der Waals surface area (Å²) in [5.74, 6) is 1.42. The van der Waals surface area contributed by atoms with E-state index in [4.69, 9.17) is 15.9 Å². The van der Waals surface area contributed by atoms with Gasteiger partial charge in [0, 0.05) is 0 Å². The second-order valence-corrected chi connectivity index (χ2v) is 2.47. The molecule has 0 amide bonds. The molecule has 0 heterocycles. The Bertz CT molecular complexity index is 263. The van der Waals surface area contributed by atoms with Crippen molar-refractivity contribution in [1.82, 2.24) is 0 Å². The van der Waals surface area contributed by atoms with Gasteiger partial charge in [-0.2, -0.15) is 0 Å². The van der Waals surface area contributed by atoms with Crippen LogP contribution >= 0.6 is 0 Å². The molecule has 0 aromatic rings. The van der Waals surface area contributed by atoms with Crippen LogP contribution in [-0.2, 0) is 9.59 Å². The summed E-state index contributed by atoms with van der Waals surface area (Å²) in [6, 6.07) is -1.18. The number of nitrogens with two attached hydrogens (primary N) is 1. The highest BCUT2D eigenvalue weighted by molar-refractivity contribution is 5.77. The lowest BCUT2D eigenvalue weighted by atomic mass is 10.0. The first kappa shape index (κ1) is 11.5. The first-order chi connectivity index (χ1) is 5.99. The highest BCUT2D eigenvalue weighted by Crippen LogP contribution is 2.04. The zero-order valence-corrected chi connectivity index (χ0v) is 7.15. The van der Waals surface area contributed by atoms with Crippen LogP contribution in [0.2, 0.25) is 0 Å². The van der Waals surface area contributed by atoms with E-state index in [1.165, 1.54) is 6.92 Å². The van der Waals surface area contributed by atoms with Crippen LogP contribution in [0.4, 0.5) is 0 Å². The molecule has 0 saturated heterocycles. The molecule has 0 aromatic heterocycles. The number of hydrogen-bond donors (Lipinski definition) is 3. The maximum absolute atomic E-state index is 10.5. The van der Waals surface area contributed by atoms with E-state index in [9.17, 15) is 9.59 Å². The Kier molecular flexibility index (Phi) is 4.55. The van der Waals surface area contributed by atoms with Crippen LogP contribution in [0, 0.1) is 17.8 Å². The van der Waals surface area contributed by atoms with Gasteiger partial charge < -0.3 is 15.9 Å². The highest BCUT2D eigenvalue weighted by atomic mass is 16.4. The second kappa shape index (κ2) is 5.17. The van der Waals surface area contributed by atoms with Crippen molar-refractivity contribution in [3.05, 3.63) is 0 Å². The minimum atomic E-state index is -1.22. The third kappa shape index (κ3) is 4.13. The average Bonchev–Trinajstić information content (AvgIpc) is 2.03. The van der Waals surface area contributed by atoms with Gasteiger partial charge in [0.15, 0.2) is 0 Å². The maximum Gasteiger partial charge on any atom is 0.320 e. The lowest BCUT2D eigenvalue weighted by Gasteiger charge is -2.08. The second-order valence-electron chi connectivity index (χ2n) is 2.47. The first-order valence-electron chi connectivity index (χ1n) is 3.62. The topological polar surface area (TPSA) is 101 Å². The summed E-state index contributed by atoms with van der Waals surface area (Å²) >= 11 is 0. The fourth-order valence-electron chi connectivity index (χ4n) is 0.750. The standard InChI is InChI=1S/C8H11NO4/c1-2-3-5(7(10)11)4-6(9)8(12)13/h5-6H,4,9H2,1H3,(H,10,11)(H,12,13). The van der Waals surface area contributed by atoms with E-state index in [1.807, 2.05) is 0 Å². The third-order valence-corrected chi connectivity index (χ3v) is 1.42. The molecule has 0 bridgehead atoms. The highest BCUT2D eigenvalue weighted by Gasteiger charge is 2.22. The molecule has 5 nitrogen and oxygen atoms in total. The van der Waals surface area contributed by atoms with Gasteiger partial charge in [0.25, 0.3) is 0 Å². The number of aliphatic carboxylic acids is 2. The van der Waals surface area contributed by atoms with Crippen LogP contribution in [0.15, 0.2) is 0 Å². The van der Waals surface area contributed by atoms with Crippen molar-refractivity contribution < 1.29 is 19.8 Å². The van der Waals surface area contributed by atoms with Crippen molar-refractivity contribution >= 4 is 11.9 Å². The van der Waals surface area contributed by atoms with Crippen molar-refractivity contribution in [3.8, 4) is 11.8 Å². The Morgan fingerprint density at radius 3 is 2.23 bits per heavy atom. The molecule has 0 saturated carbocycles. The summed E-state index contributed by atoms with van der Waals surface area (Å²) in [7, 11) is 0. The van der Waals surface area contributed by atoms with Crippen molar-refractivity contribution in [2.24, 2.45) is 11.7 Å². The molecule has 4 N–H and O–H groups in total. The molecule has 0 aliphatic heterocycles. The smallest absolute Gasteiger partial charge is 0.320 e. The summed E-state index contributed by atoms with van der Waals surface area (Å²) < 4.78 is 0. The number of carboxylic acids is 2. The van der Waals surface area contributed by atoms with Gasteiger partial charge in [0.05, 0.1) is 0 Å². The van der Waals surface area contributed by atoms with E-state index >= 15 is 0 Å². The molecule has 72 valence electrons. The van der Waals surface area contributed by atoms with Gasteiger partial charge in [0.1, 0.15) is 12.0 Å². The Hall–Kier alpha value is -1.54. The van der Waals surface area contributed by atoms with E-state index in [0.29, 0.717) is 0 Å². The zero-order chi connectivity index (χ0) is 10.4. The molecule has 0 radical (unpaired) electrons. The first-order valence-corrected chi connectivity index (χ1v) is 3.62. The van der Waals surface area contributed by atoms with Gasteiger partial charge in [0.2, 0.25) is 0 Å². The minimum absolute atomic E-state index is 0.175. The van der Waals surface area contributed by atoms with Gasteiger partial charge >= 0.3 is 11.9 Å². The van der Waals surface area contributed by atoms with Crippen LogP contribution in [-0.4, -0.2) is 28.2 Å². The number of carboxylic acid groups (broad SMARTS) is 2. The van der Waals surface area contributed by atoms with E-state index in [-0.39, 0.29) is 6.42 Å². The minimum Gasteiger partial charge on any atom is -0.480 e. The predicted molar refractivity (Wildman–Crippen MR) is 44.8 cm³/mol. The van der Waals surface area contributed by atoms with Gasteiger partial charge in [-0.15, -0.1) is 5.92 Å². The monoisotopic (exact) mass is 185 g/mol. The number of hydrogen-bond acceptors (Lipinski definition) is 3. The summed E-state index contributed by atoms with van der Waals surface area (Å²) in [6.07, 6.45) is -0.175. The normalized spacial score (nSPS) is 13.7. The summed E-state index contributed by atoms with van der Waals surface area (Å²) in [5.41, 5.74) is 5.15. The third-order valence-electron chi connectivity index (χ3n) is 1.42. The van der Waals surface area contributed by atoms with E-state index in [2.05, 4.69) is 11.8 Å². The Labute approximate surface area is 75.5 Å². The fraction of sp³-hybridized carbons (Fsp3) is 0.500. The lowest BCUT2D eigenvalue weighted by Crippen LogP contribution is -2.34. The van der Waals surface area contributed by atoms with Crippen LogP contribution in [0.1, 0.15) is 13.3 Å². The van der Waals surface area contributed by atoms with Gasteiger partial charge in [-0.1, -0.05) is 5.92 Å². The van der Waals surface area contributed by atoms with Crippen LogP contribution in [0.3, 0.4) is 0 Å². The van der Waals surface area contributed by atoms with Gasteiger partial charge in [-0.05, 0) is 13.3 Å². The fourth-order valence-corrected chi connectivity index (χ4v) is 0.750. The van der Waals surface area contributed by atoms with E-state index in [0.717, 1.165) is 0 Å². The molecule has 2 unspecified atom stereocenters. The zero-order valence-electron chi connectivity index (χ0n) is 7.15. The lowest BCUT2D eigenvalue weighted by molar-refractivity contribution is -0.141. The van der Waals surface area contributed by atoms with Gasteiger partial charge in [-0.25, -0.2) is 0 Å². The molecular weight excluding hydrogens is 174 g/mol. The largest absolute Gasteiger partial charge is 0.480 e. The average molecular weight is 185 g/mol. The molecule has 0 aliphatic rings. The van der Waals surface area contributed by atoms with Crippen molar-refractivity contribution in [1.29, 1.82) is 0 Å². The predicted octanol–water partition coefficient (Wildman–Crippen LogP) is -0.487. The summed E-state index contributed by atoms with van der Waals surface area (Å²) in [6.45, 7) is 1.49. The van der Waals surface area contributed by atoms with Crippen molar-refractivity contribution in [2.45, 2.75) is 19.4 Å². The summed E-state index contributed by atoms with van der Waals surface area (Å²) in [4.78, 5) is 20.8. The van der Waals surface area contributed by atoms with E-state index in [1.54, 1.807) is 0 Å². The summed E-state index contributed by atoms with van der Waals surface area (Å²) in [5, 5.41) is 17.0. The molecule has 13 heavy (non-hydrogen) atoms. The van der Waals surface area contributed by atoms with Crippen LogP contribution in [0.5, 0.6) is 0 Å². The van der Waals surface area contributed by atoms with E-state index < -0.39 is 23.9 Å². The Morgan fingerprint density at radius 2 is 1.92 bits per heavy atom.